The molecule has 0 N–H and O–H groups in total. The van der Waals surface area contributed by atoms with Gasteiger partial charge in [-0.05, 0) is 12.8 Å². The minimum Gasteiger partial charge on any atom is -0.411 e. The summed E-state index contributed by atoms with van der Waals surface area (Å²) in [6.07, 6.45) is 6.59. The summed E-state index contributed by atoms with van der Waals surface area (Å²) in [4.78, 5) is 2.16. The molecule has 0 spiro atoms. The molecule has 0 radical (unpaired) electrons. The molecule has 0 bridgehead atoms. The fourth-order valence-corrected chi connectivity index (χ4v) is 1.80. The third-order valence-electron chi connectivity index (χ3n) is 2.11. The predicted molar refractivity (Wildman–Crippen MR) is 54.6 cm³/mol. The molecule has 0 saturated carbocycles. The van der Waals surface area contributed by atoms with Crippen LogP contribution in [0, 0.1) is 0 Å². The first kappa shape index (κ1) is 13.1. The Hall–Kier alpha value is 1.11. The van der Waals surface area contributed by atoms with Crippen LogP contribution in [0.2, 0.25) is 0 Å². The third kappa shape index (κ3) is 4.97. The van der Waals surface area contributed by atoms with Gasteiger partial charge < -0.3 is 29.7 Å². The van der Waals surface area contributed by atoms with Gasteiger partial charge in [-0.1, -0.05) is 23.6 Å². The summed E-state index contributed by atoms with van der Waals surface area (Å²) in [5.74, 6) is 0. The minimum absolute atomic E-state index is 0. The molecule has 1 heterocycles. The molecular weight excluding hydrogens is 197 g/mol. The van der Waals surface area contributed by atoms with Gasteiger partial charge >= 0.3 is 29.6 Å². The van der Waals surface area contributed by atoms with E-state index in [0.29, 0.717) is 4.32 Å². The second-order valence-electron chi connectivity index (χ2n) is 3.02. The van der Waals surface area contributed by atoms with E-state index in [-0.39, 0.29) is 29.6 Å². The van der Waals surface area contributed by atoms with Crippen LogP contribution in [-0.4, -0.2) is 22.3 Å². The summed E-state index contributed by atoms with van der Waals surface area (Å²) >= 11 is 9.92. The van der Waals surface area contributed by atoms with Crippen molar-refractivity contribution < 1.29 is 29.6 Å². The topological polar surface area (TPSA) is 3.24 Å². The van der Waals surface area contributed by atoms with Crippen LogP contribution in [0.1, 0.15) is 32.1 Å². The Morgan fingerprint density at radius 3 is 1.83 bits per heavy atom. The SMILES string of the molecule is S=C([S-])N1CCCCCCC1.[Na+]. The Bertz CT molecular complexity index is 133. The van der Waals surface area contributed by atoms with Gasteiger partial charge in [0.15, 0.2) is 0 Å². The van der Waals surface area contributed by atoms with Crippen molar-refractivity contribution in [2.24, 2.45) is 0 Å². The number of likely N-dealkylation sites (tertiary alicyclic amines) is 1. The van der Waals surface area contributed by atoms with Gasteiger partial charge in [0.25, 0.3) is 0 Å². The molecule has 0 aliphatic carbocycles. The second kappa shape index (κ2) is 7.51. The summed E-state index contributed by atoms with van der Waals surface area (Å²) in [6.45, 7) is 2.17. The molecule has 4 heteroatoms. The minimum atomic E-state index is 0. The summed E-state index contributed by atoms with van der Waals surface area (Å²) in [7, 11) is 0. The van der Waals surface area contributed by atoms with E-state index in [4.69, 9.17) is 24.8 Å². The number of nitrogens with zero attached hydrogens (tertiary/aromatic N) is 1. The first-order valence-corrected chi connectivity index (χ1v) is 5.08. The standard InChI is InChI=1S/C8H15NS2.Na/c10-8(11)9-6-4-2-1-3-5-7-9;/h1-7H2,(H,10,11);/q;+1/p-1. The van der Waals surface area contributed by atoms with Crippen LogP contribution in [0.4, 0.5) is 0 Å². The fourth-order valence-electron chi connectivity index (χ4n) is 1.43. The van der Waals surface area contributed by atoms with Crippen molar-refractivity contribution >= 4 is 29.2 Å². The van der Waals surface area contributed by atoms with Gasteiger partial charge in [0, 0.05) is 13.1 Å². The maximum Gasteiger partial charge on any atom is 1.00 e. The summed E-state index contributed by atoms with van der Waals surface area (Å²) in [5.41, 5.74) is 0. The Morgan fingerprint density at radius 1 is 1.00 bits per heavy atom. The summed E-state index contributed by atoms with van der Waals surface area (Å²) < 4.78 is 0.659. The zero-order valence-electron chi connectivity index (χ0n) is 7.71. The first-order chi connectivity index (χ1) is 5.30. The molecule has 0 aromatic heterocycles. The van der Waals surface area contributed by atoms with Gasteiger partial charge in [0.05, 0.1) is 0 Å². The average molecular weight is 211 g/mol. The molecule has 0 atom stereocenters. The summed E-state index contributed by atoms with van der Waals surface area (Å²) in [6, 6.07) is 0. The number of thiocarbonyl (C=S) groups is 1. The second-order valence-corrected chi connectivity index (χ2v) is 4.05. The molecule has 1 aliphatic rings. The monoisotopic (exact) mass is 211 g/mol. The van der Waals surface area contributed by atoms with Gasteiger partial charge in [-0.15, -0.1) is 0 Å². The molecule has 1 saturated heterocycles. The van der Waals surface area contributed by atoms with E-state index in [1.54, 1.807) is 0 Å². The Labute approximate surface area is 108 Å². The van der Waals surface area contributed by atoms with Crippen molar-refractivity contribution in [1.29, 1.82) is 0 Å². The molecular formula is C8H14NNaS2. The molecule has 0 aromatic rings. The molecule has 1 rings (SSSR count). The Balaban J connectivity index is 0.00000121. The van der Waals surface area contributed by atoms with Crippen molar-refractivity contribution in [1.82, 2.24) is 4.90 Å². The van der Waals surface area contributed by atoms with Crippen LogP contribution in [0.15, 0.2) is 0 Å². The molecule has 1 fully saturated rings. The third-order valence-corrected chi connectivity index (χ3v) is 2.63. The van der Waals surface area contributed by atoms with Crippen LogP contribution in [0.5, 0.6) is 0 Å². The van der Waals surface area contributed by atoms with E-state index in [0.717, 1.165) is 13.1 Å². The van der Waals surface area contributed by atoms with E-state index in [9.17, 15) is 0 Å². The van der Waals surface area contributed by atoms with Crippen molar-refractivity contribution in [2.45, 2.75) is 32.1 Å². The number of hydrogen-bond donors (Lipinski definition) is 0. The van der Waals surface area contributed by atoms with E-state index >= 15 is 0 Å². The largest absolute Gasteiger partial charge is 1.00 e. The smallest absolute Gasteiger partial charge is 0.411 e. The van der Waals surface area contributed by atoms with Crippen LogP contribution in [0.25, 0.3) is 0 Å². The number of hydrogen-bond acceptors (Lipinski definition) is 2. The van der Waals surface area contributed by atoms with E-state index in [1.807, 2.05) is 0 Å². The van der Waals surface area contributed by atoms with Crippen LogP contribution in [-0.2, 0) is 12.6 Å². The molecule has 1 aliphatic heterocycles. The van der Waals surface area contributed by atoms with E-state index < -0.39 is 0 Å². The number of rotatable bonds is 0. The van der Waals surface area contributed by atoms with Crippen molar-refractivity contribution in [3.63, 3.8) is 0 Å². The molecule has 0 amide bonds. The fraction of sp³-hybridized carbons (Fsp3) is 0.875. The van der Waals surface area contributed by atoms with Crippen molar-refractivity contribution in [2.75, 3.05) is 13.1 Å². The molecule has 0 unspecified atom stereocenters. The maximum absolute atomic E-state index is 4.96. The predicted octanol–water partition coefficient (Wildman–Crippen LogP) is -0.912. The zero-order chi connectivity index (χ0) is 8.10. The van der Waals surface area contributed by atoms with Gasteiger partial charge in [-0.3, -0.25) is 0 Å². The Morgan fingerprint density at radius 2 is 1.42 bits per heavy atom. The van der Waals surface area contributed by atoms with Gasteiger partial charge in [-0.25, -0.2) is 0 Å². The van der Waals surface area contributed by atoms with Crippen LogP contribution in [0.3, 0.4) is 0 Å². The first-order valence-electron chi connectivity index (χ1n) is 4.26. The van der Waals surface area contributed by atoms with Gasteiger partial charge in [0.1, 0.15) is 0 Å². The normalized spacial score (nSPS) is 18.8. The van der Waals surface area contributed by atoms with Gasteiger partial charge in [-0.2, -0.15) is 0 Å². The van der Waals surface area contributed by atoms with Crippen molar-refractivity contribution in [3.8, 4) is 0 Å². The average Bonchev–Trinajstić information content (AvgIpc) is 1.84. The zero-order valence-corrected chi connectivity index (χ0v) is 11.3. The summed E-state index contributed by atoms with van der Waals surface area (Å²) in [5, 5.41) is 0. The van der Waals surface area contributed by atoms with Crippen LogP contribution >= 0.6 is 12.2 Å². The van der Waals surface area contributed by atoms with Gasteiger partial charge in [0.2, 0.25) is 0 Å². The Kier molecular flexibility index (Phi) is 8.20. The quantitative estimate of drug-likeness (QED) is 0.290. The van der Waals surface area contributed by atoms with E-state index in [1.165, 1.54) is 32.1 Å². The van der Waals surface area contributed by atoms with E-state index in [2.05, 4.69) is 4.90 Å². The molecule has 1 nitrogen and oxygen atoms in total. The van der Waals surface area contributed by atoms with Crippen LogP contribution < -0.4 is 29.6 Å². The molecule has 12 heavy (non-hydrogen) atoms. The molecule has 64 valence electrons. The van der Waals surface area contributed by atoms with Crippen molar-refractivity contribution in [3.05, 3.63) is 0 Å². The molecule has 0 aromatic carbocycles. The maximum atomic E-state index is 4.96.